The van der Waals surface area contributed by atoms with Gasteiger partial charge in [-0.25, -0.2) is 4.98 Å². The summed E-state index contributed by atoms with van der Waals surface area (Å²) >= 11 is 7.82. The molecule has 19 heavy (non-hydrogen) atoms. The van der Waals surface area contributed by atoms with Gasteiger partial charge in [-0.3, -0.25) is 0 Å². The van der Waals surface area contributed by atoms with E-state index in [1.54, 1.807) is 0 Å². The van der Waals surface area contributed by atoms with E-state index in [0.717, 1.165) is 36.7 Å². The molecule has 0 aromatic carbocycles. The third-order valence-corrected chi connectivity index (χ3v) is 4.38. The average molecular weight is 311 g/mol. The number of nitrogens with zero attached hydrogens (tertiary/aromatic N) is 2. The van der Waals surface area contributed by atoms with Crippen molar-refractivity contribution in [3.8, 4) is 0 Å². The molecule has 2 heterocycles. The Bertz CT molecular complexity index is 453. The molecule has 1 aliphatic heterocycles. The zero-order valence-corrected chi connectivity index (χ0v) is 11.9. The van der Waals surface area contributed by atoms with E-state index in [1.807, 2.05) is 23.6 Å². The number of pyridine rings is 1. The van der Waals surface area contributed by atoms with Crippen LogP contribution in [0.4, 0.5) is 19.0 Å². The summed E-state index contributed by atoms with van der Waals surface area (Å²) in [5.41, 5.74) is -0.807. The number of anilines is 1. The monoisotopic (exact) mass is 310 g/mol. The summed E-state index contributed by atoms with van der Waals surface area (Å²) in [7, 11) is 0. The normalized spacial score (nSPS) is 21.3. The van der Waals surface area contributed by atoms with Crippen LogP contribution >= 0.6 is 23.4 Å². The molecule has 0 spiro atoms. The van der Waals surface area contributed by atoms with Crippen molar-refractivity contribution in [3.63, 3.8) is 0 Å². The Hall–Kier alpha value is -0.620. The van der Waals surface area contributed by atoms with Gasteiger partial charge in [0.25, 0.3) is 0 Å². The molecule has 0 saturated carbocycles. The van der Waals surface area contributed by atoms with Crippen molar-refractivity contribution >= 4 is 29.2 Å². The van der Waals surface area contributed by atoms with E-state index in [0.29, 0.717) is 5.82 Å². The van der Waals surface area contributed by atoms with Gasteiger partial charge in [0, 0.05) is 24.5 Å². The highest BCUT2D eigenvalue weighted by Gasteiger charge is 2.32. The highest BCUT2D eigenvalue weighted by Crippen LogP contribution is 2.34. The van der Waals surface area contributed by atoms with E-state index in [4.69, 9.17) is 11.6 Å². The summed E-state index contributed by atoms with van der Waals surface area (Å²) < 4.78 is 37.7. The lowest BCUT2D eigenvalue weighted by Crippen LogP contribution is -2.34. The molecule has 2 nitrogen and oxygen atoms in total. The molecule has 106 valence electrons. The highest BCUT2D eigenvalue weighted by atomic mass is 35.5. The fourth-order valence-electron chi connectivity index (χ4n) is 2.01. The first-order valence-electron chi connectivity index (χ1n) is 5.96. The van der Waals surface area contributed by atoms with E-state index in [1.165, 1.54) is 0 Å². The number of halogens is 4. The molecule has 1 atom stereocenters. The van der Waals surface area contributed by atoms with Crippen LogP contribution in [0, 0.1) is 0 Å². The van der Waals surface area contributed by atoms with Crippen LogP contribution in [-0.2, 0) is 6.18 Å². The van der Waals surface area contributed by atoms with Gasteiger partial charge in [0.15, 0.2) is 0 Å². The Balaban J connectivity index is 2.29. The molecule has 2 rings (SSSR count). The summed E-state index contributed by atoms with van der Waals surface area (Å²) in [6, 6.07) is 1.19. The number of alkyl halides is 3. The van der Waals surface area contributed by atoms with Crippen molar-refractivity contribution in [1.82, 2.24) is 4.98 Å². The predicted octanol–water partition coefficient (Wildman–Crippen LogP) is 4.09. The lowest BCUT2D eigenvalue weighted by atomic mass is 10.2. The standard InChI is InChI=1S/C12H14ClF3N2S/c1-8-2-4-19-5-3-18(8)11-10(13)6-9(7-17-11)12(14,15)16/h6-8H,2-5H2,1H3. The van der Waals surface area contributed by atoms with Gasteiger partial charge < -0.3 is 4.90 Å². The van der Waals surface area contributed by atoms with E-state index in [-0.39, 0.29) is 11.1 Å². The maximum Gasteiger partial charge on any atom is 0.417 e. The zero-order valence-electron chi connectivity index (χ0n) is 10.4. The van der Waals surface area contributed by atoms with Crippen molar-refractivity contribution < 1.29 is 13.2 Å². The molecular weight excluding hydrogens is 297 g/mol. The number of hydrogen-bond donors (Lipinski definition) is 0. The molecule has 0 aliphatic carbocycles. The summed E-state index contributed by atoms with van der Waals surface area (Å²) in [6.45, 7) is 2.80. The minimum Gasteiger partial charge on any atom is -0.352 e. The first-order valence-corrected chi connectivity index (χ1v) is 7.50. The van der Waals surface area contributed by atoms with Gasteiger partial charge >= 0.3 is 6.18 Å². The second-order valence-corrected chi connectivity index (χ2v) is 6.10. The van der Waals surface area contributed by atoms with Crippen LogP contribution in [0.5, 0.6) is 0 Å². The van der Waals surface area contributed by atoms with E-state index in [2.05, 4.69) is 4.98 Å². The Morgan fingerprint density at radius 2 is 2.16 bits per heavy atom. The van der Waals surface area contributed by atoms with Crippen molar-refractivity contribution in [2.75, 3.05) is 23.0 Å². The van der Waals surface area contributed by atoms with Crippen LogP contribution in [0.25, 0.3) is 0 Å². The Kier molecular flexibility index (Phi) is 4.50. The maximum absolute atomic E-state index is 12.6. The van der Waals surface area contributed by atoms with Crippen LogP contribution in [-0.4, -0.2) is 29.1 Å². The molecule has 0 radical (unpaired) electrons. The smallest absolute Gasteiger partial charge is 0.352 e. The Labute approximate surface area is 119 Å². The summed E-state index contributed by atoms with van der Waals surface area (Å²) in [6.07, 6.45) is -2.58. The van der Waals surface area contributed by atoms with Crippen LogP contribution < -0.4 is 4.90 Å². The van der Waals surface area contributed by atoms with E-state index in [9.17, 15) is 13.2 Å². The number of hydrogen-bond acceptors (Lipinski definition) is 3. The van der Waals surface area contributed by atoms with Crippen molar-refractivity contribution in [3.05, 3.63) is 22.8 Å². The summed E-state index contributed by atoms with van der Waals surface area (Å²) in [5.74, 6) is 2.43. The molecule has 1 aliphatic rings. The third kappa shape index (κ3) is 3.48. The Morgan fingerprint density at radius 1 is 1.42 bits per heavy atom. The van der Waals surface area contributed by atoms with Gasteiger partial charge in [-0.05, 0) is 25.2 Å². The third-order valence-electron chi connectivity index (χ3n) is 3.11. The SMILES string of the molecule is CC1CCSCCN1c1ncc(C(F)(F)F)cc1Cl. The van der Waals surface area contributed by atoms with Crippen molar-refractivity contribution in [2.24, 2.45) is 0 Å². The lowest BCUT2D eigenvalue weighted by molar-refractivity contribution is -0.137. The second kappa shape index (κ2) is 5.79. The molecule has 1 fully saturated rings. The first-order chi connectivity index (χ1) is 8.89. The fraction of sp³-hybridized carbons (Fsp3) is 0.583. The lowest BCUT2D eigenvalue weighted by Gasteiger charge is -2.28. The zero-order chi connectivity index (χ0) is 14.0. The summed E-state index contributed by atoms with van der Waals surface area (Å²) in [5, 5.41) is 0.0635. The quantitative estimate of drug-likeness (QED) is 0.777. The minimum absolute atomic E-state index is 0.0635. The Morgan fingerprint density at radius 3 is 2.79 bits per heavy atom. The number of rotatable bonds is 1. The van der Waals surface area contributed by atoms with Gasteiger partial charge in [-0.2, -0.15) is 24.9 Å². The molecule has 1 aromatic heterocycles. The number of thioether (sulfide) groups is 1. The molecule has 1 saturated heterocycles. The van der Waals surface area contributed by atoms with Crippen molar-refractivity contribution in [2.45, 2.75) is 25.6 Å². The van der Waals surface area contributed by atoms with Crippen LogP contribution in [0.15, 0.2) is 12.3 Å². The van der Waals surface area contributed by atoms with Crippen LogP contribution in [0.2, 0.25) is 5.02 Å². The van der Waals surface area contributed by atoms with Crippen LogP contribution in [0.1, 0.15) is 18.9 Å². The molecule has 7 heteroatoms. The predicted molar refractivity (Wildman–Crippen MR) is 73.0 cm³/mol. The molecule has 0 amide bonds. The summed E-state index contributed by atoms with van der Waals surface area (Å²) in [4.78, 5) is 5.91. The number of aromatic nitrogens is 1. The largest absolute Gasteiger partial charge is 0.417 e. The second-order valence-electron chi connectivity index (χ2n) is 4.47. The molecule has 0 N–H and O–H groups in total. The fourth-order valence-corrected chi connectivity index (χ4v) is 3.32. The van der Waals surface area contributed by atoms with Gasteiger partial charge in [0.2, 0.25) is 0 Å². The van der Waals surface area contributed by atoms with Crippen LogP contribution in [0.3, 0.4) is 0 Å². The molecule has 1 unspecified atom stereocenters. The molecule has 0 bridgehead atoms. The minimum atomic E-state index is -4.41. The first kappa shape index (κ1) is 14.8. The molecular formula is C12H14ClF3N2S. The van der Waals surface area contributed by atoms with Gasteiger partial charge in [0.05, 0.1) is 10.6 Å². The topological polar surface area (TPSA) is 16.1 Å². The van der Waals surface area contributed by atoms with Crippen molar-refractivity contribution in [1.29, 1.82) is 0 Å². The van der Waals surface area contributed by atoms with Gasteiger partial charge in [-0.1, -0.05) is 11.6 Å². The van der Waals surface area contributed by atoms with Gasteiger partial charge in [0.1, 0.15) is 5.82 Å². The highest BCUT2D eigenvalue weighted by molar-refractivity contribution is 7.99. The maximum atomic E-state index is 12.6. The average Bonchev–Trinajstić information content (AvgIpc) is 2.53. The molecule has 1 aromatic rings. The van der Waals surface area contributed by atoms with E-state index >= 15 is 0 Å². The van der Waals surface area contributed by atoms with Gasteiger partial charge in [-0.15, -0.1) is 0 Å². The van der Waals surface area contributed by atoms with E-state index < -0.39 is 11.7 Å².